The predicted octanol–water partition coefficient (Wildman–Crippen LogP) is 3.80. The van der Waals surface area contributed by atoms with Gasteiger partial charge in [-0.1, -0.05) is 30.3 Å². The van der Waals surface area contributed by atoms with Crippen molar-refractivity contribution in [3.8, 4) is 16.9 Å². The molecular formula is C15H18ClNO. The second-order valence-corrected chi connectivity index (χ2v) is 4.15. The normalized spacial score (nSPS) is 11.5. The average Bonchev–Trinajstić information content (AvgIpc) is 2.39. The molecular weight excluding hydrogens is 246 g/mol. The predicted molar refractivity (Wildman–Crippen MR) is 78.3 cm³/mol. The summed E-state index contributed by atoms with van der Waals surface area (Å²) in [5, 5.41) is 0. The quantitative estimate of drug-likeness (QED) is 0.914. The fourth-order valence-corrected chi connectivity index (χ4v) is 1.80. The van der Waals surface area contributed by atoms with Crippen LogP contribution >= 0.6 is 12.4 Å². The maximum Gasteiger partial charge on any atom is 0.119 e. The van der Waals surface area contributed by atoms with E-state index in [2.05, 4.69) is 18.2 Å². The average molecular weight is 264 g/mol. The summed E-state index contributed by atoms with van der Waals surface area (Å²) < 4.78 is 5.23. The van der Waals surface area contributed by atoms with Crippen LogP contribution in [0.2, 0.25) is 0 Å². The monoisotopic (exact) mass is 263 g/mol. The van der Waals surface area contributed by atoms with Gasteiger partial charge in [0.05, 0.1) is 7.11 Å². The molecule has 0 aromatic heterocycles. The summed E-state index contributed by atoms with van der Waals surface area (Å²) >= 11 is 0. The van der Waals surface area contributed by atoms with Crippen molar-refractivity contribution in [1.82, 2.24) is 0 Å². The lowest BCUT2D eigenvalue weighted by Crippen LogP contribution is -2.04. The second-order valence-electron chi connectivity index (χ2n) is 4.15. The van der Waals surface area contributed by atoms with Crippen LogP contribution in [0.1, 0.15) is 18.5 Å². The summed E-state index contributed by atoms with van der Waals surface area (Å²) in [7, 11) is 1.68. The molecule has 1 unspecified atom stereocenters. The minimum Gasteiger partial charge on any atom is -0.497 e. The summed E-state index contributed by atoms with van der Waals surface area (Å²) in [5.74, 6) is 0.869. The molecule has 0 saturated carbocycles. The zero-order chi connectivity index (χ0) is 12.3. The number of hydrogen-bond acceptors (Lipinski definition) is 2. The van der Waals surface area contributed by atoms with Crippen LogP contribution in [0.4, 0.5) is 0 Å². The van der Waals surface area contributed by atoms with E-state index >= 15 is 0 Å². The van der Waals surface area contributed by atoms with Gasteiger partial charge >= 0.3 is 0 Å². The zero-order valence-electron chi connectivity index (χ0n) is 10.6. The third-order valence-electron chi connectivity index (χ3n) is 2.82. The van der Waals surface area contributed by atoms with Crippen molar-refractivity contribution < 1.29 is 4.74 Å². The molecule has 2 rings (SSSR count). The van der Waals surface area contributed by atoms with E-state index in [1.807, 2.05) is 37.3 Å². The smallest absolute Gasteiger partial charge is 0.119 e. The summed E-state index contributed by atoms with van der Waals surface area (Å²) in [6.07, 6.45) is 0. The van der Waals surface area contributed by atoms with Crippen LogP contribution in [0.15, 0.2) is 48.5 Å². The molecule has 0 saturated heterocycles. The van der Waals surface area contributed by atoms with Gasteiger partial charge in [0.2, 0.25) is 0 Å². The summed E-state index contributed by atoms with van der Waals surface area (Å²) in [4.78, 5) is 0. The first-order valence-electron chi connectivity index (χ1n) is 5.70. The Kier molecular flexibility index (Phi) is 5.20. The van der Waals surface area contributed by atoms with E-state index in [0.29, 0.717) is 0 Å². The summed E-state index contributed by atoms with van der Waals surface area (Å²) in [5.41, 5.74) is 9.35. The highest BCUT2D eigenvalue weighted by Crippen LogP contribution is 2.25. The van der Waals surface area contributed by atoms with E-state index in [-0.39, 0.29) is 18.4 Å². The van der Waals surface area contributed by atoms with Crippen molar-refractivity contribution in [2.24, 2.45) is 5.73 Å². The molecule has 0 aliphatic carbocycles. The molecule has 0 aliphatic heterocycles. The van der Waals surface area contributed by atoms with Gasteiger partial charge in [-0.05, 0) is 41.8 Å². The largest absolute Gasteiger partial charge is 0.497 e. The first kappa shape index (κ1) is 14.6. The Morgan fingerprint density at radius 3 is 2.22 bits per heavy atom. The van der Waals surface area contributed by atoms with E-state index in [1.165, 1.54) is 5.56 Å². The third kappa shape index (κ3) is 3.25. The van der Waals surface area contributed by atoms with Crippen molar-refractivity contribution in [2.75, 3.05) is 7.11 Å². The molecule has 2 aromatic carbocycles. The molecule has 0 spiro atoms. The number of halogens is 1. The molecule has 0 fully saturated rings. The van der Waals surface area contributed by atoms with Crippen molar-refractivity contribution in [3.05, 3.63) is 54.1 Å². The van der Waals surface area contributed by atoms with Crippen LogP contribution in [0.25, 0.3) is 11.1 Å². The first-order chi connectivity index (χ1) is 8.20. The Morgan fingerprint density at radius 1 is 1.00 bits per heavy atom. The van der Waals surface area contributed by atoms with Gasteiger partial charge in [-0.2, -0.15) is 0 Å². The van der Waals surface area contributed by atoms with Crippen LogP contribution in [0, 0.1) is 0 Å². The van der Waals surface area contributed by atoms with Crippen molar-refractivity contribution in [1.29, 1.82) is 0 Å². The Labute approximate surface area is 114 Å². The third-order valence-corrected chi connectivity index (χ3v) is 2.82. The van der Waals surface area contributed by atoms with Crippen molar-refractivity contribution in [2.45, 2.75) is 13.0 Å². The van der Waals surface area contributed by atoms with Crippen LogP contribution in [-0.2, 0) is 0 Å². The maximum atomic E-state index is 5.89. The van der Waals surface area contributed by atoms with Gasteiger partial charge in [0.1, 0.15) is 5.75 Å². The number of methoxy groups -OCH3 is 1. The van der Waals surface area contributed by atoms with Crippen LogP contribution in [0.3, 0.4) is 0 Å². The van der Waals surface area contributed by atoms with Gasteiger partial charge in [0, 0.05) is 6.04 Å². The maximum absolute atomic E-state index is 5.89. The highest BCUT2D eigenvalue weighted by Gasteiger charge is 2.03. The molecule has 3 heteroatoms. The molecule has 2 N–H and O–H groups in total. The van der Waals surface area contributed by atoms with Crippen LogP contribution in [0.5, 0.6) is 5.75 Å². The second kappa shape index (κ2) is 6.43. The lowest BCUT2D eigenvalue weighted by molar-refractivity contribution is 0.415. The fraction of sp³-hybridized carbons (Fsp3) is 0.200. The van der Waals surface area contributed by atoms with Gasteiger partial charge in [-0.15, -0.1) is 12.4 Å². The fourth-order valence-electron chi connectivity index (χ4n) is 1.80. The Balaban J connectivity index is 0.00000162. The molecule has 2 aromatic rings. The standard InChI is InChI=1S/C15H17NO.ClH/c1-11(16)12-5-3-6-13(9-12)14-7-4-8-15(10-14)17-2;/h3-11H,16H2,1-2H3;1H. The summed E-state index contributed by atoms with van der Waals surface area (Å²) in [6.45, 7) is 1.99. The Hall–Kier alpha value is -1.51. The van der Waals surface area contributed by atoms with Crippen molar-refractivity contribution >= 4 is 12.4 Å². The zero-order valence-corrected chi connectivity index (χ0v) is 11.4. The van der Waals surface area contributed by atoms with Gasteiger partial charge < -0.3 is 10.5 Å². The molecule has 1 atom stereocenters. The Bertz CT molecular complexity index is 511. The molecule has 96 valence electrons. The lowest BCUT2D eigenvalue weighted by atomic mass is 10.0. The number of rotatable bonds is 3. The number of hydrogen-bond donors (Lipinski definition) is 1. The highest BCUT2D eigenvalue weighted by atomic mass is 35.5. The van der Waals surface area contributed by atoms with E-state index in [9.17, 15) is 0 Å². The molecule has 18 heavy (non-hydrogen) atoms. The SMILES string of the molecule is COc1cccc(-c2cccc(C(C)N)c2)c1.Cl. The minimum absolute atomic E-state index is 0. The number of nitrogens with two attached hydrogens (primary N) is 1. The van der Waals surface area contributed by atoms with Crippen LogP contribution in [-0.4, -0.2) is 7.11 Å². The van der Waals surface area contributed by atoms with Gasteiger partial charge in [-0.3, -0.25) is 0 Å². The van der Waals surface area contributed by atoms with E-state index in [4.69, 9.17) is 10.5 Å². The van der Waals surface area contributed by atoms with Gasteiger partial charge in [-0.25, -0.2) is 0 Å². The van der Waals surface area contributed by atoms with E-state index in [0.717, 1.165) is 16.9 Å². The van der Waals surface area contributed by atoms with E-state index < -0.39 is 0 Å². The molecule has 2 nitrogen and oxygen atoms in total. The minimum atomic E-state index is 0. The molecule has 0 heterocycles. The highest BCUT2D eigenvalue weighted by molar-refractivity contribution is 5.85. The molecule has 0 bridgehead atoms. The topological polar surface area (TPSA) is 35.2 Å². The van der Waals surface area contributed by atoms with Crippen molar-refractivity contribution in [3.63, 3.8) is 0 Å². The van der Waals surface area contributed by atoms with Gasteiger partial charge in [0.15, 0.2) is 0 Å². The molecule has 0 radical (unpaired) electrons. The Morgan fingerprint density at radius 2 is 1.61 bits per heavy atom. The van der Waals surface area contributed by atoms with E-state index in [1.54, 1.807) is 7.11 Å². The first-order valence-corrected chi connectivity index (χ1v) is 5.70. The van der Waals surface area contributed by atoms with Crippen LogP contribution < -0.4 is 10.5 Å². The lowest BCUT2D eigenvalue weighted by Gasteiger charge is -2.09. The molecule has 0 aliphatic rings. The molecule has 0 amide bonds. The number of benzene rings is 2. The number of ether oxygens (including phenoxy) is 1. The summed E-state index contributed by atoms with van der Waals surface area (Å²) in [6, 6.07) is 16.4. The van der Waals surface area contributed by atoms with Gasteiger partial charge in [0.25, 0.3) is 0 Å².